The lowest BCUT2D eigenvalue weighted by Gasteiger charge is -2.41. The molecule has 0 heterocycles. The Balaban J connectivity index is 1.80. The summed E-state index contributed by atoms with van der Waals surface area (Å²) >= 11 is 0. The van der Waals surface area contributed by atoms with Gasteiger partial charge in [-0.15, -0.1) is 6.58 Å². The minimum Gasteiger partial charge on any atom is -0.410 e. The average Bonchev–Trinajstić information content (AvgIpc) is 3.15. The Morgan fingerprint density at radius 1 is 0.737 bits per heavy atom. The molecule has 0 unspecified atom stereocenters. The van der Waals surface area contributed by atoms with Crippen molar-refractivity contribution in [2.45, 2.75) is 94.2 Å². The fourth-order valence-corrected chi connectivity index (χ4v) is 10.2. The zero-order valence-corrected chi connectivity index (χ0v) is 13.4. The average molecular weight is 279 g/mol. The summed E-state index contributed by atoms with van der Waals surface area (Å²) in [7, 11) is -1.70. The highest BCUT2D eigenvalue weighted by molar-refractivity contribution is 6.81. The van der Waals surface area contributed by atoms with E-state index in [2.05, 4.69) is 12.3 Å². The van der Waals surface area contributed by atoms with Crippen molar-refractivity contribution >= 4 is 8.32 Å². The molecule has 108 valence electrons. The molecule has 1 nitrogen and oxygen atoms in total. The Bertz CT molecular complexity index is 280. The first kappa shape index (κ1) is 13.9. The lowest BCUT2D eigenvalue weighted by atomic mass is 10.3. The van der Waals surface area contributed by atoms with E-state index in [-0.39, 0.29) is 0 Å². The van der Waals surface area contributed by atoms with Gasteiger partial charge in [-0.25, -0.2) is 0 Å². The summed E-state index contributed by atoms with van der Waals surface area (Å²) in [6, 6.07) is 0. The van der Waals surface area contributed by atoms with Crippen LogP contribution in [0.5, 0.6) is 0 Å². The number of hydrogen-bond donors (Lipinski definition) is 0. The van der Waals surface area contributed by atoms with E-state index in [1.807, 2.05) is 0 Å². The second-order valence-corrected chi connectivity index (χ2v) is 11.0. The third-order valence-electron chi connectivity index (χ3n) is 5.98. The van der Waals surface area contributed by atoms with E-state index in [1.54, 1.807) is 0 Å². The first-order valence-electron chi connectivity index (χ1n) is 8.66. The Morgan fingerprint density at radius 2 is 1.16 bits per heavy atom. The molecule has 0 N–H and O–H groups in total. The summed E-state index contributed by atoms with van der Waals surface area (Å²) in [5, 5.41) is 0. The van der Waals surface area contributed by atoms with Gasteiger partial charge in [0.2, 0.25) is 8.32 Å². The molecule has 3 saturated carbocycles. The highest BCUT2D eigenvalue weighted by Gasteiger charge is 2.50. The predicted molar refractivity (Wildman–Crippen MR) is 83.7 cm³/mol. The van der Waals surface area contributed by atoms with Crippen LogP contribution < -0.4 is 0 Å². The maximum atomic E-state index is 6.94. The minimum absolute atomic E-state index is 0.589. The molecule has 0 saturated heterocycles. The van der Waals surface area contributed by atoms with Crippen LogP contribution in [0.25, 0.3) is 0 Å². The molecule has 0 aromatic carbocycles. The molecule has 3 rings (SSSR count). The van der Waals surface area contributed by atoms with Crippen LogP contribution >= 0.6 is 0 Å². The molecule has 0 radical (unpaired) electrons. The molecule has 2 heteroatoms. The molecule has 0 bridgehead atoms. The molecule has 3 aliphatic carbocycles. The van der Waals surface area contributed by atoms with Gasteiger partial charge in [-0.1, -0.05) is 69.9 Å². The van der Waals surface area contributed by atoms with Crippen LogP contribution in [0.2, 0.25) is 11.1 Å². The van der Waals surface area contributed by atoms with Gasteiger partial charge >= 0.3 is 0 Å². The largest absolute Gasteiger partial charge is 0.410 e. The lowest BCUT2D eigenvalue weighted by molar-refractivity contribution is 0.187. The van der Waals surface area contributed by atoms with Crippen molar-refractivity contribution < 1.29 is 4.43 Å². The molecule has 0 aromatic rings. The summed E-state index contributed by atoms with van der Waals surface area (Å²) in [5.74, 6) is 0. The van der Waals surface area contributed by atoms with Gasteiger partial charge in [0.05, 0.1) is 0 Å². The zero-order valence-electron chi connectivity index (χ0n) is 12.4. The molecule has 3 aliphatic rings. The molecule has 0 aromatic heterocycles. The second-order valence-electron chi connectivity index (χ2n) is 7.04. The van der Waals surface area contributed by atoms with Crippen molar-refractivity contribution in [2.75, 3.05) is 0 Å². The standard InChI is InChI=1S/C17H30OSi/c1-2-19(16-11-5-6-12-16,17-13-7-8-14-17)18-15-9-3-4-10-15/h2,15-17H,1,3-14H2. The van der Waals surface area contributed by atoms with Crippen molar-refractivity contribution in [1.82, 2.24) is 0 Å². The van der Waals surface area contributed by atoms with Crippen molar-refractivity contribution in [3.8, 4) is 0 Å². The highest BCUT2D eigenvalue weighted by Crippen LogP contribution is 2.52. The van der Waals surface area contributed by atoms with Gasteiger partial charge in [-0.3, -0.25) is 0 Å². The molecule has 0 spiro atoms. The van der Waals surface area contributed by atoms with Crippen LogP contribution in [-0.4, -0.2) is 14.4 Å². The summed E-state index contributed by atoms with van der Waals surface area (Å²) in [6.45, 7) is 4.30. The van der Waals surface area contributed by atoms with Gasteiger partial charge in [0.15, 0.2) is 0 Å². The summed E-state index contributed by atoms with van der Waals surface area (Å²) in [6.07, 6.45) is 17.5. The van der Waals surface area contributed by atoms with Crippen LogP contribution in [0.4, 0.5) is 0 Å². The highest BCUT2D eigenvalue weighted by atomic mass is 28.4. The van der Waals surface area contributed by atoms with E-state index in [1.165, 1.54) is 77.0 Å². The summed E-state index contributed by atoms with van der Waals surface area (Å²) in [4.78, 5) is 0. The quantitative estimate of drug-likeness (QED) is 0.603. The van der Waals surface area contributed by atoms with Crippen molar-refractivity contribution in [1.29, 1.82) is 0 Å². The first-order valence-corrected chi connectivity index (χ1v) is 10.8. The van der Waals surface area contributed by atoms with E-state index in [0.29, 0.717) is 6.10 Å². The zero-order chi connectivity index (χ0) is 13.1. The number of rotatable bonds is 5. The molecule has 0 aliphatic heterocycles. The van der Waals surface area contributed by atoms with Gasteiger partial charge in [0, 0.05) is 6.10 Å². The molecular weight excluding hydrogens is 248 g/mol. The van der Waals surface area contributed by atoms with Crippen LogP contribution in [0, 0.1) is 0 Å². The second kappa shape index (κ2) is 6.13. The molecular formula is C17H30OSi. The summed E-state index contributed by atoms with van der Waals surface area (Å²) < 4.78 is 6.94. The van der Waals surface area contributed by atoms with E-state index in [9.17, 15) is 0 Å². The Morgan fingerprint density at radius 3 is 1.58 bits per heavy atom. The van der Waals surface area contributed by atoms with Crippen molar-refractivity contribution in [2.24, 2.45) is 0 Å². The molecule has 19 heavy (non-hydrogen) atoms. The van der Waals surface area contributed by atoms with Crippen molar-refractivity contribution in [3.63, 3.8) is 0 Å². The third kappa shape index (κ3) is 2.71. The van der Waals surface area contributed by atoms with Gasteiger partial charge in [-0.2, -0.15) is 0 Å². The maximum Gasteiger partial charge on any atom is 0.223 e. The van der Waals surface area contributed by atoms with Gasteiger partial charge in [0.1, 0.15) is 0 Å². The fourth-order valence-electron chi connectivity index (χ4n) is 4.96. The van der Waals surface area contributed by atoms with Gasteiger partial charge in [-0.05, 0) is 23.9 Å². The smallest absolute Gasteiger partial charge is 0.223 e. The first-order chi connectivity index (χ1) is 9.35. The monoisotopic (exact) mass is 278 g/mol. The number of hydrogen-bond acceptors (Lipinski definition) is 1. The molecule has 0 amide bonds. The fraction of sp³-hybridized carbons (Fsp3) is 0.882. The minimum atomic E-state index is -1.70. The summed E-state index contributed by atoms with van der Waals surface area (Å²) in [5.41, 5.74) is 4.17. The SMILES string of the molecule is C=C[Si](OC1CCCC1)(C1CCCC1)C1CCCC1. The Hall–Kier alpha value is -0.0831. The predicted octanol–water partition coefficient (Wildman–Crippen LogP) is 5.50. The Kier molecular flexibility index (Phi) is 4.48. The maximum absolute atomic E-state index is 6.94. The molecule has 0 atom stereocenters. The van der Waals surface area contributed by atoms with Gasteiger partial charge in [0.25, 0.3) is 0 Å². The van der Waals surface area contributed by atoms with Crippen LogP contribution in [0.1, 0.15) is 77.0 Å². The third-order valence-corrected chi connectivity index (χ3v) is 11.1. The van der Waals surface area contributed by atoms with E-state index >= 15 is 0 Å². The normalized spacial score (nSPS) is 27.4. The Labute approximate surface area is 119 Å². The van der Waals surface area contributed by atoms with Crippen LogP contribution in [0.15, 0.2) is 12.3 Å². The van der Waals surface area contributed by atoms with Crippen LogP contribution in [0.3, 0.4) is 0 Å². The lowest BCUT2D eigenvalue weighted by Crippen LogP contribution is -2.47. The van der Waals surface area contributed by atoms with Crippen molar-refractivity contribution in [3.05, 3.63) is 12.3 Å². The van der Waals surface area contributed by atoms with E-state index < -0.39 is 8.32 Å². The van der Waals surface area contributed by atoms with Crippen LogP contribution in [-0.2, 0) is 4.43 Å². The topological polar surface area (TPSA) is 9.23 Å². The van der Waals surface area contributed by atoms with Gasteiger partial charge < -0.3 is 4.43 Å². The van der Waals surface area contributed by atoms with E-state index in [0.717, 1.165) is 11.1 Å². The van der Waals surface area contributed by atoms with E-state index in [4.69, 9.17) is 4.43 Å². The molecule has 3 fully saturated rings.